The van der Waals surface area contributed by atoms with Crippen molar-refractivity contribution in [3.63, 3.8) is 0 Å². The summed E-state index contributed by atoms with van der Waals surface area (Å²) in [7, 11) is 4.46. The van der Waals surface area contributed by atoms with E-state index in [9.17, 15) is 14.4 Å². The Hall–Kier alpha value is -4.54. The lowest BCUT2D eigenvalue weighted by molar-refractivity contribution is -0.128. The smallest absolute Gasteiger partial charge is 0.248 e. The number of para-hydroxylation sites is 1. The number of nitrogens with one attached hydrogen (secondary N) is 2. The average molecular weight is 581 g/mol. The zero-order valence-electron chi connectivity index (χ0n) is 25.5. The first-order chi connectivity index (χ1) is 19.9. The standard InChI is InChI=1S/C31H40N4O7/c1-9-31(4,5)33-30(38)28(21-11-10-12-24(40-7)29(21)41-8)35(22-17-19(2)13-14-23(22)39-6)27(37)16-15-26(36)32-25-18-20(3)42-34-25/h10-14,17-18,28H,9,15-16H2,1-8H3,(H,33,38)(H,32,34,36). The summed E-state index contributed by atoms with van der Waals surface area (Å²) in [4.78, 5) is 42.5. The van der Waals surface area contributed by atoms with Crippen molar-refractivity contribution in [2.45, 2.75) is 65.5 Å². The molecule has 0 spiro atoms. The SMILES string of the molecule is CCC(C)(C)NC(=O)C(c1cccc(OC)c1OC)N(C(=O)CCC(=O)Nc1cc(C)on1)c1cc(C)ccc1OC. The van der Waals surface area contributed by atoms with Crippen molar-refractivity contribution in [3.05, 3.63) is 59.4 Å². The summed E-state index contributed by atoms with van der Waals surface area (Å²) in [6, 6.07) is 10.9. The third-order valence-electron chi connectivity index (χ3n) is 6.90. The lowest BCUT2D eigenvalue weighted by atomic mass is 9.96. The summed E-state index contributed by atoms with van der Waals surface area (Å²) >= 11 is 0. The first kappa shape index (κ1) is 32.0. The number of methoxy groups -OCH3 is 3. The van der Waals surface area contributed by atoms with E-state index in [1.807, 2.05) is 33.8 Å². The van der Waals surface area contributed by atoms with Crippen LogP contribution in [0, 0.1) is 13.8 Å². The molecule has 1 atom stereocenters. The van der Waals surface area contributed by atoms with Crippen molar-refractivity contribution in [1.82, 2.24) is 10.5 Å². The van der Waals surface area contributed by atoms with Gasteiger partial charge in [-0.25, -0.2) is 0 Å². The van der Waals surface area contributed by atoms with Crippen LogP contribution in [0.4, 0.5) is 11.5 Å². The second-order valence-corrected chi connectivity index (χ2v) is 10.5. The van der Waals surface area contributed by atoms with Gasteiger partial charge >= 0.3 is 0 Å². The number of carbonyl (C=O) groups is 3. The summed E-state index contributed by atoms with van der Waals surface area (Å²) < 4.78 is 21.9. The second-order valence-electron chi connectivity index (χ2n) is 10.5. The molecule has 3 amide bonds. The number of hydrogen-bond acceptors (Lipinski definition) is 8. The molecule has 11 nitrogen and oxygen atoms in total. The predicted molar refractivity (Wildman–Crippen MR) is 159 cm³/mol. The number of hydrogen-bond donors (Lipinski definition) is 2. The molecule has 0 aliphatic rings. The monoisotopic (exact) mass is 580 g/mol. The Labute approximate surface area is 246 Å². The van der Waals surface area contributed by atoms with Gasteiger partial charge in [-0.2, -0.15) is 0 Å². The first-order valence-electron chi connectivity index (χ1n) is 13.7. The maximum atomic E-state index is 14.2. The lowest BCUT2D eigenvalue weighted by Gasteiger charge is -2.36. The van der Waals surface area contributed by atoms with Gasteiger partial charge in [-0.15, -0.1) is 0 Å². The zero-order chi connectivity index (χ0) is 31.0. The number of rotatable bonds is 13. The van der Waals surface area contributed by atoms with E-state index in [2.05, 4.69) is 15.8 Å². The molecule has 2 N–H and O–H groups in total. The number of benzene rings is 2. The van der Waals surface area contributed by atoms with E-state index < -0.39 is 29.3 Å². The molecule has 0 saturated carbocycles. The quantitative estimate of drug-likeness (QED) is 0.285. The number of aryl methyl sites for hydroxylation is 2. The van der Waals surface area contributed by atoms with Gasteiger partial charge in [0, 0.05) is 30.0 Å². The largest absolute Gasteiger partial charge is 0.495 e. The van der Waals surface area contributed by atoms with Crippen molar-refractivity contribution >= 4 is 29.2 Å². The molecule has 3 rings (SSSR count). The molecule has 1 unspecified atom stereocenters. The fourth-order valence-electron chi connectivity index (χ4n) is 4.39. The van der Waals surface area contributed by atoms with Crippen LogP contribution in [0.25, 0.3) is 0 Å². The highest BCUT2D eigenvalue weighted by atomic mass is 16.5. The number of nitrogens with zero attached hydrogens (tertiary/aromatic N) is 2. The van der Waals surface area contributed by atoms with Crippen LogP contribution in [0.3, 0.4) is 0 Å². The van der Waals surface area contributed by atoms with Crippen molar-refractivity contribution in [3.8, 4) is 17.2 Å². The van der Waals surface area contributed by atoms with Gasteiger partial charge in [0.15, 0.2) is 17.3 Å². The third-order valence-corrected chi connectivity index (χ3v) is 6.90. The highest BCUT2D eigenvalue weighted by molar-refractivity contribution is 6.04. The van der Waals surface area contributed by atoms with Gasteiger partial charge < -0.3 is 29.4 Å². The topological polar surface area (TPSA) is 132 Å². The molecule has 0 bridgehead atoms. The number of aromatic nitrogens is 1. The number of anilines is 2. The molecule has 11 heteroatoms. The summed E-state index contributed by atoms with van der Waals surface area (Å²) in [5, 5.41) is 9.48. The van der Waals surface area contributed by atoms with Gasteiger partial charge in [0.25, 0.3) is 0 Å². The van der Waals surface area contributed by atoms with E-state index >= 15 is 0 Å². The van der Waals surface area contributed by atoms with E-state index in [0.29, 0.717) is 40.7 Å². The fourth-order valence-corrected chi connectivity index (χ4v) is 4.39. The highest BCUT2D eigenvalue weighted by Gasteiger charge is 2.38. The van der Waals surface area contributed by atoms with E-state index in [0.717, 1.165) is 5.56 Å². The molecule has 226 valence electrons. The Kier molecular flexibility index (Phi) is 10.6. The molecular weight excluding hydrogens is 540 g/mol. The molecule has 0 aliphatic heterocycles. The summed E-state index contributed by atoms with van der Waals surface area (Å²) in [5.41, 5.74) is 1.03. The van der Waals surface area contributed by atoms with Crippen LogP contribution in [0.2, 0.25) is 0 Å². The Bertz CT molecular complexity index is 1420. The Morgan fingerprint density at radius 2 is 1.69 bits per heavy atom. The van der Waals surface area contributed by atoms with Crippen LogP contribution in [-0.4, -0.2) is 49.7 Å². The Morgan fingerprint density at radius 1 is 0.976 bits per heavy atom. The molecule has 3 aromatic rings. The van der Waals surface area contributed by atoms with Gasteiger partial charge in [-0.05, 0) is 57.9 Å². The van der Waals surface area contributed by atoms with Crippen LogP contribution < -0.4 is 29.7 Å². The second kappa shape index (κ2) is 13.9. The first-order valence-corrected chi connectivity index (χ1v) is 13.7. The lowest BCUT2D eigenvalue weighted by Crippen LogP contribution is -2.50. The highest BCUT2D eigenvalue weighted by Crippen LogP contribution is 2.42. The molecular formula is C31H40N4O7. The average Bonchev–Trinajstić information content (AvgIpc) is 3.37. The molecule has 0 fully saturated rings. The zero-order valence-corrected chi connectivity index (χ0v) is 25.5. The maximum absolute atomic E-state index is 14.2. The van der Waals surface area contributed by atoms with Crippen LogP contribution in [0.5, 0.6) is 17.2 Å². The van der Waals surface area contributed by atoms with Crippen LogP contribution >= 0.6 is 0 Å². The number of amides is 3. The molecule has 1 heterocycles. The van der Waals surface area contributed by atoms with Crippen molar-refractivity contribution < 1.29 is 33.1 Å². The predicted octanol–water partition coefficient (Wildman–Crippen LogP) is 5.12. The minimum absolute atomic E-state index is 0.167. The molecule has 2 aromatic carbocycles. The normalized spacial score (nSPS) is 11.8. The van der Waals surface area contributed by atoms with E-state index in [1.165, 1.54) is 26.2 Å². The van der Waals surface area contributed by atoms with E-state index in [1.54, 1.807) is 43.3 Å². The summed E-state index contributed by atoms with van der Waals surface area (Å²) in [6.07, 6.45) is 0.260. The van der Waals surface area contributed by atoms with Crippen molar-refractivity contribution in [2.24, 2.45) is 0 Å². The number of ether oxygens (including phenoxy) is 3. The van der Waals surface area contributed by atoms with E-state index in [-0.39, 0.29) is 18.7 Å². The maximum Gasteiger partial charge on any atom is 0.248 e. The Balaban J connectivity index is 2.15. The minimum Gasteiger partial charge on any atom is -0.495 e. The van der Waals surface area contributed by atoms with Gasteiger partial charge in [-0.1, -0.05) is 30.3 Å². The summed E-state index contributed by atoms with van der Waals surface area (Å²) in [6.45, 7) is 9.35. The molecule has 0 radical (unpaired) electrons. The van der Waals surface area contributed by atoms with Crippen LogP contribution in [0.1, 0.15) is 63.0 Å². The van der Waals surface area contributed by atoms with Crippen molar-refractivity contribution in [2.75, 3.05) is 31.5 Å². The molecule has 0 aliphatic carbocycles. The Morgan fingerprint density at radius 3 is 2.29 bits per heavy atom. The molecule has 42 heavy (non-hydrogen) atoms. The number of carbonyl (C=O) groups excluding carboxylic acids is 3. The van der Waals surface area contributed by atoms with Gasteiger partial charge in [-0.3, -0.25) is 19.3 Å². The van der Waals surface area contributed by atoms with E-state index in [4.69, 9.17) is 18.7 Å². The molecule has 0 saturated heterocycles. The van der Waals surface area contributed by atoms with Gasteiger partial charge in [0.2, 0.25) is 17.7 Å². The fraction of sp³-hybridized carbons (Fsp3) is 0.419. The summed E-state index contributed by atoms with van der Waals surface area (Å²) in [5.74, 6) is 0.521. The third kappa shape index (κ3) is 7.59. The minimum atomic E-state index is -1.20. The molecule has 1 aromatic heterocycles. The van der Waals surface area contributed by atoms with Crippen LogP contribution in [0.15, 0.2) is 47.0 Å². The van der Waals surface area contributed by atoms with Crippen molar-refractivity contribution in [1.29, 1.82) is 0 Å². The van der Waals surface area contributed by atoms with Gasteiger partial charge in [0.05, 0.1) is 27.0 Å². The van der Waals surface area contributed by atoms with Gasteiger partial charge in [0.1, 0.15) is 17.6 Å². The van der Waals surface area contributed by atoms with Crippen LogP contribution in [-0.2, 0) is 14.4 Å².